The molecule has 1 heterocycles. The van der Waals surface area contributed by atoms with Crippen LogP contribution >= 0.6 is 0 Å². The van der Waals surface area contributed by atoms with Crippen LogP contribution in [0.5, 0.6) is 0 Å². The van der Waals surface area contributed by atoms with E-state index in [9.17, 15) is 4.79 Å². The smallest absolute Gasteiger partial charge is 0.257 e. The summed E-state index contributed by atoms with van der Waals surface area (Å²) in [5, 5.41) is 0. The Kier molecular flexibility index (Phi) is 7.56. The molecule has 0 saturated carbocycles. The monoisotopic (exact) mass is 282 g/mol. The Balaban J connectivity index is 2.79. The maximum Gasteiger partial charge on any atom is 0.257 e. The summed E-state index contributed by atoms with van der Waals surface area (Å²) in [5.74, 6) is 5.29. The van der Waals surface area contributed by atoms with Crippen LogP contribution in [0.4, 0.5) is 5.69 Å². The molecule has 0 aromatic carbocycles. The molecular weight excluding hydrogens is 260 g/mol. The van der Waals surface area contributed by atoms with Crippen molar-refractivity contribution in [3.63, 3.8) is 0 Å². The maximum absolute atomic E-state index is 12.5. The number of hydrogen-bond donors (Lipinski definition) is 2. The number of anilines is 1. The number of carbonyl (C=O) groups excluding carboxylic acids is 1. The average molecular weight is 282 g/mol. The Hall–Kier alpha value is -1.70. The van der Waals surface area contributed by atoms with Gasteiger partial charge in [-0.05, 0) is 12.5 Å². The molecule has 0 unspecified atom stereocenters. The average Bonchev–Trinajstić information content (AvgIpc) is 2.50. The molecule has 0 aliphatic carbocycles. The number of hydrazine groups is 1. The second-order valence-corrected chi connectivity index (χ2v) is 4.20. The Morgan fingerprint density at radius 2 is 2.10 bits per heavy atom. The van der Waals surface area contributed by atoms with Gasteiger partial charge in [-0.1, -0.05) is 0 Å². The van der Waals surface area contributed by atoms with E-state index in [1.165, 1.54) is 6.20 Å². The van der Waals surface area contributed by atoms with Crippen molar-refractivity contribution in [2.75, 3.05) is 45.9 Å². The second kappa shape index (κ2) is 9.24. The molecule has 1 rings (SSSR count). The van der Waals surface area contributed by atoms with Crippen molar-refractivity contribution >= 4 is 11.6 Å². The minimum atomic E-state index is -0.126. The van der Waals surface area contributed by atoms with Gasteiger partial charge in [-0.15, -0.1) is 0 Å². The van der Waals surface area contributed by atoms with E-state index in [2.05, 4.69) is 10.4 Å². The van der Waals surface area contributed by atoms with Crippen LogP contribution in [0.3, 0.4) is 0 Å². The van der Waals surface area contributed by atoms with Gasteiger partial charge in [0.25, 0.3) is 5.91 Å². The molecule has 0 aliphatic heterocycles. The number of aromatic nitrogens is 1. The lowest BCUT2D eigenvalue weighted by molar-refractivity contribution is 0.0674. The van der Waals surface area contributed by atoms with E-state index in [4.69, 9.17) is 15.3 Å². The normalized spacial score (nSPS) is 10.3. The highest BCUT2D eigenvalue weighted by Crippen LogP contribution is 2.15. The minimum absolute atomic E-state index is 0.126. The molecule has 1 aromatic rings. The first-order valence-electron chi connectivity index (χ1n) is 6.42. The fourth-order valence-corrected chi connectivity index (χ4v) is 1.78. The molecule has 1 amide bonds. The highest BCUT2D eigenvalue weighted by Gasteiger charge is 2.18. The molecule has 0 atom stereocenters. The molecule has 0 aliphatic rings. The summed E-state index contributed by atoms with van der Waals surface area (Å²) in [6.07, 6.45) is 3.85. The van der Waals surface area contributed by atoms with Gasteiger partial charge in [0.05, 0.1) is 17.9 Å². The molecule has 112 valence electrons. The van der Waals surface area contributed by atoms with Crippen LogP contribution in [-0.4, -0.2) is 56.3 Å². The summed E-state index contributed by atoms with van der Waals surface area (Å²) in [4.78, 5) is 18.2. The van der Waals surface area contributed by atoms with Crippen molar-refractivity contribution in [1.82, 2.24) is 9.88 Å². The molecule has 7 nitrogen and oxygen atoms in total. The zero-order valence-electron chi connectivity index (χ0n) is 12.0. The number of methoxy groups -OCH3 is 2. The topological polar surface area (TPSA) is 89.7 Å². The lowest BCUT2D eigenvalue weighted by Crippen LogP contribution is -2.36. The van der Waals surface area contributed by atoms with Crippen LogP contribution in [0.1, 0.15) is 16.8 Å². The Bertz CT molecular complexity index is 414. The van der Waals surface area contributed by atoms with Crippen molar-refractivity contribution in [2.45, 2.75) is 6.42 Å². The Labute approximate surface area is 119 Å². The number of amides is 1. The molecule has 7 heteroatoms. The van der Waals surface area contributed by atoms with Gasteiger partial charge in [0.1, 0.15) is 0 Å². The van der Waals surface area contributed by atoms with Gasteiger partial charge in [0, 0.05) is 46.3 Å². The molecule has 0 radical (unpaired) electrons. The zero-order chi connectivity index (χ0) is 14.8. The standard InChI is InChI=1S/C13H22N4O3/c1-19-8-3-6-17(7-9-20-2)13(18)11-10-15-5-4-12(11)16-14/h4-5,10H,3,6-9,14H2,1-2H3,(H,15,16). The van der Waals surface area contributed by atoms with Crippen molar-refractivity contribution in [2.24, 2.45) is 5.84 Å². The lowest BCUT2D eigenvalue weighted by atomic mass is 10.2. The number of nitrogens with one attached hydrogen (secondary N) is 1. The Morgan fingerprint density at radius 1 is 1.35 bits per heavy atom. The highest BCUT2D eigenvalue weighted by molar-refractivity contribution is 5.99. The fraction of sp³-hybridized carbons (Fsp3) is 0.538. The predicted octanol–water partition coefficient (Wildman–Crippen LogP) is 0.492. The van der Waals surface area contributed by atoms with Crippen LogP contribution in [0.25, 0.3) is 0 Å². The van der Waals surface area contributed by atoms with Gasteiger partial charge in [0.15, 0.2) is 0 Å². The maximum atomic E-state index is 12.5. The number of nitrogens with two attached hydrogens (primary N) is 1. The quantitative estimate of drug-likeness (QED) is 0.389. The number of carbonyl (C=O) groups is 1. The molecule has 0 bridgehead atoms. The summed E-state index contributed by atoms with van der Waals surface area (Å²) < 4.78 is 10.1. The molecule has 0 saturated heterocycles. The summed E-state index contributed by atoms with van der Waals surface area (Å²) in [6, 6.07) is 1.66. The number of hydrogen-bond acceptors (Lipinski definition) is 6. The van der Waals surface area contributed by atoms with Crippen molar-refractivity contribution in [3.05, 3.63) is 24.0 Å². The SMILES string of the molecule is COCCCN(CCOC)C(=O)c1cnccc1NN. The van der Waals surface area contributed by atoms with Crippen molar-refractivity contribution in [3.8, 4) is 0 Å². The van der Waals surface area contributed by atoms with Gasteiger partial charge in [-0.3, -0.25) is 15.6 Å². The number of ether oxygens (including phenoxy) is 2. The van der Waals surface area contributed by atoms with Gasteiger partial charge < -0.3 is 19.8 Å². The van der Waals surface area contributed by atoms with Gasteiger partial charge in [-0.25, -0.2) is 0 Å². The molecule has 0 spiro atoms. The fourth-order valence-electron chi connectivity index (χ4n) is 1.78. The number of nitrogens with zero attached hydrogens (tertiary/aromatic N) is 2. The number of nitrogen functional groups attached to an aromatic ring is 1. The van der Waals surface area contributed by atoms with Crippen LogP contribution in [0, 0.1) is 0 Å². The van der Waals surface area contributed by atoms with Gasteiger partial charge in [0.2, 0.25) is 0 Å². The third kappa shape index (κ3) is 4.76. The highest BCUT2D eigenvalue weighted by atomic mass is 16.5. The minimum Gasteiger partial charge on any atom is -0.385 e. The number of rotatable bonds is 9. The first kappa shape index (κ1) is 16.4. The molecule has 1 aromatic heterocycles. The third-order valence-electron chi connectivity index (χ3n) is 2.84. The van der Waals surface area contributed by atoms with Crippen LogP contribution in [-0.2, 0) is 9.47 Å². The van der Waals surface area contributed by atoms with Crippen molar-refractivity contribution < 1.29 is 14.3 Å². The van der Waals surface area contributed by atoms with E-state index >= 15 is 0 Å². The molecular formula is C13H22N4O3. The number of pyridine rings is 1. The predicted molar refractivity (Wildman–Crippen MR) is 76.3 cm³/mol. The Morgan fingerprint density at radius 3 is 2.75 bits per heavy atom. The largest absolute Gasteiger partial charge is 0.385 e. The van der Waals surface area contributed by atoms with Gasteiger partial charge >= 0.3 is 0 Å². The van der Waals surface area contributed by atoms with E-state index in [0.29, 0.717) is 37.6 Å². The van der Waals surface area contributed by atoms with Crippen LogP contribution < -0.4 is 11.3 Å². The van der Waals surface area contributed by atoms with Crippen LogP contribution in [0.2, 0.25) is 0 Å². The summed E-state index contributed by atoms with van der Waals surface area (Å²) in [6.45, 7) is 2.18. The van der Waals surface area contributed by atoms with E-state index in [1.807, 2.05) is 0 Å². The zero-order valence-corrected chi connectivity index (χ0v) is 12.0. The molecule has 0 fully saturated rings. The summed E-state index contributed by atoms with van der Waals surface area (Å²) >= 11 is 0. The first-order chi connectivity index (χ1) is 9.74. The van der Waals surface area contributed by atoms with E-state index in [1.54, 1.807) is 31.4 Å². The van der Waals surface area contributed by atoms with Gasteiger partial charge in [-0.2, -0.15) is 0 Å². The van der Waals surface area contributed by atoms with Crippen LogP contribution in [0.15, 0.2) is 18.5 Å². The third-order valence-corrected chi connectivity index (χ3v) is 2.84. The summed E-state index contributed by atoms with van der Waals surface area (Å²) in [5.41, 5.74) is 3.51. The van der Waals surface area contributed by atoms with E-state index in [0.717, 1.165) is 6.42 Å². The lowest BCUT2D eigenvalue weighted by Gasteiger charge is -2.23. The second-order valence-electron chi connectivity index (χ2n) is 4.20. The molecule has 20 heavy (non-hydrogen) atoms. The first-order valence-corrected chi connectivity index (χ1v) is 6.42. The summed E-state index contributed by atoms with van der Waals surface area (Å²) in [7, 11) is 3.24. The molecule has 3 N–H and O–H groups in total. The van der Waals surface area contributed by atoms with E-state index < -0.39 is 0 Å². The van der Waals surface area contributed by atoms with E-state index in [-0.39, 0.29) is 5.91 Å². The van der Waals surface area contributed by atoms with Crippen molar-refractivity contribution in [1.29, 1.82) is 0 Å².